The number of carbonyl (C=O) groups excluding carboxylic acids is 2. The molecule has 0 aromatic heterocycles. The first kappa shape index (κ1) is 22.1. The van der Waals surface area contributed by atoms with E-state index in [0.29, 0.717) is 29.7 Å². The molecule has 3 fully saturated rings. The highest BCUT2D eigenvalue weighted by Crippen LogP contribution is 2.45. The average Bonchev–Trinajstić information content (AvgIpc) is 3.35. The van der Waals surface area contributed by atoms with E-state index in [1.54, 1.807) is 24.3 Å². The van der Waals surface area contributed by atoms with E-state index in [1.165, 1.54) is 18.2 Å². The molecule has 2 aliphatic heterocycles. The summed E-state index contributed by atoms with van der Waals surface area (Å²) in [6, 6.07) is 5.79. The maximum absolute atomic E-state index is 15.4. The Morgan fingerprint density at radius 1 is 1.39 bits per heavy atom. The van der Waals surface area contributed by atoms with Gasteiger partial charge >= 0.3 is 0 Å². The van der Waals surface area contributed by atoms with Crippen molar-refractivity contribution in [2.24, 2.45) is 17.8 Å². The van der Waals surface area contributed by atoms with Gasteiger partial charge in [0, 0.05) is 40.8 Å². The van der Waals surface area contributed by atoms with Gasteiger partial charge in [0.05, 0.1) is 12.0 Å². The molecule has 2 N–H and O–H groups in total. The van der Waals surface area contributed by atoms with Crippen LogP contribution in [0.5, 0.6) is 0 Å². The first-order chi connectivity index (χ1) is 14.8. The van der Waals surface area contributed by atoms with Gasteiger partial charge in [-0.1, -0.05) is 41.9 Å². The predicted molar refractivity (Wildman–Crippen MR) is 120 cm³/mol. The number of hydrogen-bond donors (Lipinski definition) is 2. The van der Waals surface area contributed by atoms with E-state index in [1.807, 2.05) is 4.90 Å². The monoisotopic (exact) mass is 463 g/mol. The summed E-state index contributed by atoms with van der Waals surface area (Å²) in [5, 5.41) is 6.46. The SMILES string of the molecule is C=C(Cl)/C=C\C=C(/F)C1C(C(=O)Nc2cccc(Cl)c2)N(CC2CC2)C2CNC(=O)[C@@H]12. The third kappa shape index (κ3) is 4.86. The van der Waals surface area contributed by atoms with Gasteiger partial charge in [-0.15, -0.1) is 0 Å². The topological polar surface area (TPSA) is 61.4 Å². The number of nitrogens with zero attached hydrogens (tertiary/aromatic N) is 1. The van der Waals surface area contributed by atoms with Gasteiger partial charge in [0.1, 0.15) is 5.83 Å². The van der Waals surface area contributed by atoms with Gasteiger partial charge in [-0.3, -0.25) is 14.5 Å². The van der Waals surface area contributed by atoms with Gasteiger partial charge in [-0.2, -0.15) is 0 Å². The van der Waals surface area contributed by atoms with Crippen LogP contribution in [0.2, 0.25) is 5.02 Å². The minimum atomic E-state index is -0.890. The van der Waals surface area contributed by atoms with Gasteiger partial charge in [0.15, 0.2) is 0 Å². The smallest absolute Gasteiger partial charge is 0.242 e. The van der Waals surface area contributed by atoms with E-state index < -0.39 is 23.7 Å². The van der Waals surface area contributed by atoms with Crippen molar-refractivity contribution in [3.63, 3.8) is 0 Å². The lowest BCUT2D eigenvalue weighted by Crippen LogP contribution is -2.48. The molecular weight excluding hydrogens is 440 g/mol. The maximum Gasteiger partial charge on any atom is 0.242 e. The lowest BCUT2D eigenvalue weighted by Gasteiger charge is -2.30. The molecule has 1 aromatic rings. The molecule has 31 heavy (non-hydrogen) atoms. The first-order valence-electron chi connectivity index (χ1n) is 10.3. The van der Waals surface area contributed by atoms with Crippen LogP contribution >= 0.6 is 23.2 Å². The summed E-state index contributed by atoms with van der Waals surface area (Å²) in [6.45, 7) is 4.62. The molecule has 0 radical (unpaired) electrons. The van der Waals surface area contributed by atoms with Crippen LogP contribution in [0, 0.1) is 17.8 Å². The van der Waals surface area contributed by atoms with E-state index in [0.717, 1.165) is 12.8 Å². The number of likely N-dealkylation sites (tertiary alicyclic amines) is 1. The molecule has 1 saturated carbocycles. The molecule has 8 heteroatoms. The van der Waals surface area contributed by atoms with Crippen molar-refractivity contribution in [1.29, 1.82) is 0 Å². The molecule has 2 saturated heterocycles. The Bertz CT molecular complexity index is 960. The fraction of sp³-hybridized carbons (Fsp3) is 0.391. The minimum absolute atomic E-state index is 0.219. The number of carbonyl (C=O) groups is 2. The number of amides is 2. The Balaban J connectivity index is 1.67. The van der Waals surface area contributed by atoms with Crippen molar-refractivity contribution in [2.45, 2.75) is 24.9 Å². The van der Waals surface area contributed by atoms with Crippen LogP contribution in [0.1, 0.15) is 12.8 Å². The van der Waals surface area contributed by atoms with Gasteiger partial charge in [0.25, 0.3) is 0 Å². The highest BCUT2D eigenvalue weighted by atomic mass is 35.5. The Hall–Kier alpha value is -2.15. The van der Waals surface area contributed by atoms with E-state index >= 15 is 4.39 Å². The zero-order valence-corrected chi connectivity index (χ0v) is 18.4. The largest absolute Gasteiger partial charge is 0.354 e. The van der Waals surface area contributed by atoms with Crippen molar-refractivity contribution in [1.82, 2.24) is 10.2 Å². The molecule has 4 rings (SSSR count). The van der Waals surface area contributed by atoms with Crippen molar-refractivity contribution < 1.29 is 14.0 Å². The summed E-state index contributed by atoms with van der Waals surface area (Å²) in [7, 11) is 0. The summed E-state index contributed by atoms with van der Waals surface area (Å²) >= 11 is 11.8. The number of fused-ring (bicyclic) bond motifs is 1. The number of benzene rings is 1. The molecule has 3 unspecified atom stereocenters. The molecule has 1 aliphatic carbocycles. The second-order valence-corrected chi connectivity index (χ2v) is 9.23. The summed E-state index contributed by atoms with van der Waals surface area (Å²) in [6.07, 6.45) is 6.34. The lowest BCUT2D eigenvalue weighted by molar-refractivity contribution is -0.124. The molecule has 164 valence electrons. The number of halogens is 3. The number of nitrogens with one attached hydrogen (secondary N) is 2. The van der Waals surface area contributed by atoms with Gasteiger partial charge in [-0.25, -0.2) is 4.39 Å². The van der Waals surface area contributed by atoms with E-state index in [-0.39, 0.29) is 22.9 Å². The minimum Gasteiger partial charge on any atom is -0.354 e. The summed E-state index contributed by atoms with van der Waals surface area (Å²) < 4.78 is 15.4. The van der Waals surface area contributed by atoms with Crippen molar-refractivity contribution >= 4 is 40.7 Å². The third-order valence-electron chi connectivity index (χ3n) is 6.09. The van der Waals surface area contributed by atoms with E-state index in [9.17, 15) is 9.59 Å². The van der Waals surface area contributed by atoms with Gasteiger partial charge in [0.2, 0.25) is 11.8 Å². The Labute approximate surface area is 191 Å². The molecule has 5 nitrogen and oxygen atoms in total. The third-order valence-corrected chi connectivity index (χ3v) is 6.45. The maximum atomic E-state index is 15.4. The van der Waals surface area contributed by atoms with Crippen LogP contribution < -0.4 is 10.6 Å². The van der Waals surface area contributed by atoms with Crippen LogP contribution in [-0.4, -0.2) is 41.9 Å². The molecule has 0 bridgehead atoms. The predicted octanol–water partition coefficient (Wildman–Crippen LogP) is 4.27. The van der Waals surface area contributed by atoms with Crippen molar-refractivity contribution in [3.05, 3.63) is 65.0 Å². The van der Waals surface area contributed by atoms with Crippen molar-refractivity contribution in [3.8, 4) is 0 Å². The molecule has 3 aliphatic rings. The second-order valence-electron chi connectivity index (χ2n) is 8.31. The van der Waals surface area contributed by atoms with Crippen molar-refractivity contribution in [2.75, 3.05) is 18.4 Å². The van der Waals surface area contributed by atoms with Gasteiger partial charge in [-0.05, 0) is 49.1 Å². The fourth-order valence-corrected chi connectivity index (χ4v) is 4.84. The fourth-order valence-electron chi connectivity index (χ4n) is 4.58. The number of allylic oxidation sites excluding steroid dienone is 4. The van der Waals surface area contributed by atoms with Crippen LogP contribution in [0.4, 0.5) is 10.1 Å². The highest BCUT2D eigenvalue weighted by molar-refractivity contribution is 6.31. The molecule has 4 atom stereocenters. The Morgan fingerprint density at radius 2 is 2.16 bits per heavy atom. The molecule has 0 spiro atoms. The number of hydrogen-bond acceptors (Lipinski definition) is 3. The average molecular weight is 464 g/mol. The Morgan fingerprint density at radius 3 is 2.84 bits per heavy atom. The summed E-state index contributed by atoms with van der Waals surface area (Å²) in [5.41, 5.74) is 0.534. The molecule has 1 aromatic carbocycles. The molecular formula is C23H24Cl2FN3O2. The van der Waals surface area contributed by atoms with E-state index in [4.69, 9.17) is 23.2 Å². The zero-order chi connectivity index (χ0) is 22.1. The van der Waals surface area contributed by atoms with E-state index in [2.05, 4.69) is 17.2 Å². The number of anilines is 1. The summed E-state index contributed by atoms with van der Waals surface area (Å²) in [5.74, 6) is -2.13. The standard InChI is InChI=1S/C23H24Cl2FN3O2/c1-13(24)4-2-7-17(26)19-20-18(11-27-22(20)30)29(12-14-8-9-14)21(19)23(31)28-16-6-3-5-15(25)10-16/h2-7,10,14,18-21H,1,8-9,11-12H2,(H,27,30)(H,28,31)/b4-2-,17-7-/t18?,19?,20-,21?/m1/s1. The van der Waals surface area contributed by atoms with Crippen LogP contribution in [0.25, 0.3) is 0 Å². The summed E-state index contributed by atoms with van der Waals surface area (Å²) in [4.78, 5) is 28.1. The Kier molecular flexibility index (Phi) is 6.51. The van der Waals surface area contributed by atoms with Gasteiger partial charge < -0.3 is 10.6 Å². The lowest BCUT2D eigenvalue weighted by atomic mass is 9.86. The first-order valence-corrected chi connectivity index (χ1v) is 11.1. The van der Waals surface area contributed by atoms with Crippen LogP contribution in [-0.2, 0) is 9.59 Å². The highest BCUT2D eigenvalue weighted by Gasteiger charge is 2.59. The molecule has 2 heterocycles. The normalized spacial score (nSPS) is 28.6. The zero-order valence-electron chi connectivity index (χ0n) is 16.9. The van der Waals surface area contributed by atoms with Crippen LogP contribution in [0.3, 0.4) is 0 Å². The van der Waals surface area contributed by atoms with Crippen LogP contribution in [0.15, 0.2) is 59.9 Å². The second kappa shape index (κ2) is 9.15. The number of rotatable bonds is 7. The molecule has 2 amide bonds. The quantitative estimate of drug-likeness (QED) is 0.593.